The maximum atomic E-state index is 12.6. The number of carbonyl (C=O) groups excluding carboxylic acids is 1. The fourth-order valence-corrected chi connectivity index (χ4v) is 10.4. The summed E-state index contributed by atoms with van der Waals surface area (Å²) in [6, 6.07) is -0.708. The summed E-state index contributed by atoms with van der Waals surface area (Å²) in [4.78, 5) is 12.6. The quantitative estimate of drug-likeness (QED) is 0.0457. The van der Waals surface area contributed by atoms with Crippen molar-refractivity contribution in [1.82, 2.24) is 5.32 Å². The molecule has 0 saturated heterocycles. The van der Waals surface area contributed by atoms with Crippen LogP contribution in [-0.4, -0.2) is 46.1 Å². The molecule has 0 aromatic heterocycles. The van der Waals surface area contributed by atoms with Gasteiger partial charge in [0.05, 0.1) is 18.8 Å². The Bertz CT molecular complexity index is 914. The average molecular weight is 949 g/mol. The molecule has 0 radical (unpaired) electrons. The summed E-state index contributed by atoms with van der Waals surface area (Å²) in [7, 11) is 0. The van der Waals surface area contributed by atoms with E-state index >= 15 is 0 Å². The van der Waals surface area contributed by atoms with Crippen LogP contribution >= 0.6 is 0 Å². The smallest absolute Gasteiger partial charge is 0.249 e. The summed E-state index contributed by atoms with van der Waals surface area (Å²) in [6.07, 6.45) is 71.8. The molecule has 0 rings (SSSR count). The van der Waals surface area contributed by atoms with Gasteiger partial charge in [0.25, 0.3) is 0 Å². The van der Waals surface area contributed by atoms with Gasteiger partial charge in [0.15, 0.2) is 0 Å². The first kappa shape index (κ1) is 66.3. The number of amides is 1. The third-order valence-electron chi connectivity index (χ3n) is 15.2. The van der Waals surface area contributed by atoms with Gasteiger partial charge in [-0.2, -0.15) is 0 Å². The molecule has 0 bridgehead atoms. The molecule has 1 amide bonds. The monoisotopic (exact) mass is 948 g/mol. The molecule has 3 atom stereocenters. The first-order valence-electron chi connectivity index (χ1n) is 31.3. The highest BCUT2D eigenvalue weighted by Crippen LogP contribution is 2.19. The normalized spacial score (nSPS) is 13.1. The Labute approximate surface area is 421 Å². The predicted molar refractivity (Wildman–Crippen MR) is 296 cm³/mol. The van der Waals surface area contributed by atoms with Gasteiger partial charge in [0, 0.05) is 0 Å². The number of hydrogen-bond donors (Lipinski definition) is 4. The molecule has 0 fully saturated rings. The van der Waals surface area contributed by atoms with Gasteiger partial charge in [-0.3, -0.25) is 4.79 Å². The maximum Gasteiger partial charge on any atom is 0.249 e. The van der Waals surface area contributed by atoms with Crippen molar-refractivity contribution in [2.45, 2.75) is 385 Å². The number of unbranched alkanes of at least 4 members (excludes halogenated alkanes) is 51. The van der Waals surface area contributed by atoms with Gasteiger partial charge in [-0.25, -0.2) is 0 Å². The van der Waals surface area contributed by atoms with Crippen LogP contribution < -0.4 is 5.32 Å². The van der Waals surface area contributed by atoms with Crippen LogP contribution in [0.3, 0.4) is 0 Å². The second-order valence-corrected chi connectivity index (χ2v) is 22.0. The standard InChI is InChI=1S/C62H125NO4/c1-3-5-7-9-11-13-15-17-19-21-23-25-26-27-28-29-30-31-32-33-34-35-37-39-41-43-45-47-49-51-53-55-57-61(66)62(67)63-59(58-64)60(65)56-54-52-50-48-46-44-42-40-38-36-24-22-20-18-16-14-12-10-8-6-4-2/h59-61,64-66H,3-58H2,1-2H3,(H,63,67). The molecule has 0 heterocycles. The van der Waals surface area contributed by atoms with Crippen molar-refractivity contribution >= 4 is 5.91 Å². The number of rotatable bonds is 59. The number of carbonyl (C=O) groups is 1. The van der Waals surface area contributed by atoms with E-state index in [0.717, 1.165) is 32.1 Å². The van der Waals surface area contributed by atoms with Crippen molar-refractivity contribution < 1.29 is 20.1 Å². The molecule has 5 heteroatoms. The zero-order valence-electron chi connectivity index (χ0n) is 46.1. The highest BCUT2D eigenvalue weighted by atomic mass is 16.3. The van der Waals surface area contributed by atoms with Crippen molar-refractivity contribution in [3.05, 3.63) is 0 Å². The third-order valence-corrected chi connectivity index (χ3v) is 15.2. The van der Waals surface area contributed by atoms with Crippen LogP contribution in [0.2, 0.25) is 0 Å². The summed E-state index contributed by atoms with van der Waals surface area (Å²) in [5, 5.41) is 33.6. The Kier molecular flexibility index (Phi) is 57.4. The lowest BCUT2D eigenvalue weighted by atomic mass is 10.0. The summed E-state index contributed by atoms with van der Waals surface area (Å²) < 4.78 is 0. The number of nitrogens with one attached hydrogen (secondary N) is 1. The Morgan fingerprint density at radius 3 is 0.672 bits per heavy atom. The molecule has 0 aromatic carbocycles. The first-order valence-corrected chi connectivity index (χ1v) is 31.3. The third kappa shape index (κ3) is 53.0. The van der Waals surface area contributed by atoms with Gasteiger partial charge >= 0.3 is 0 Å². The molecule has 0 aliphatic heterocycles. The van der Waals surface area contributed by atoms with Crippen LogP contribution in [0.5, 0.6) is 0 Å². The molecule has 3 unspecified atom stereocenters. The molecule has 0 spiro atoms. The predicted octanol–water partition coefficient (Wildman–Crippen LogP) is 19.7. The Morgan fingerprint density at radius 1 is 0.299 bits per heavy atom. The van der Waals surface area contributed by atoms with E-state index in [1.807, 2.05) is 0 Å². The van der Waals surface area contributed by atoms with Crippen LogP contribution in [0.1, 0.15) is 367 Å². The highest BCUT2D eigenvalue weighted by molar-refractivity contribution is 5.80. The van der Waals surface area contributed by atoms with Gasteiger partial charge in [-0.1, -0.05) is 354 Å². The van der Waals surface area contributed by atoms with Crippen LogP contribution in [0.15, 0.2) is 0 Å². The van der Waals surface area contributed by atoms with Crippen molar-refractivity contribution in [1.29, 1.82) is 0 Å². The van der Waals surface area contributed by atoms with Crippen molar-refractivity contribution in [3.63, 3.8) is 0 Å². The minimum absolute atomic E-state index is 0.307. The second-order valence-electron chi connectivity index (χ2n) is 22.0. The van der Waals surface area contributed by atoms with E-state index in [9.17, 15) is 20.1 Å². The van der Waals surface area contributed by atoms with E-state index in [0.29, 0.717) is 12.8 Å². The maximum absolute atomic E-state index is 12.6. The van der Waals surface area contributed by atoms with Gasteiger partial charge in [-0.05, 0) is 12.8 Å². The van der Waals surface area contributed by atoms with E-state index in [1.54, 1.807) is 0 Å². The van der Waals surface area contributed by atoms with Crippen molar-refractivity contribution in [2.75, 3.05) is 6.61 Å². The zero-order chi connectivity index (χ0) is 48.6. The minimum atomic E-state index is -1.07. The lowest BCUT2D eigenvalue weighted by Gasteiger charge is -2.23. The molecule has 67 heavy (non-hydrogen) atoms. The van der Waals surface area contributed by atoms with Gasteiger partial charge < -0.3 is 20.6 Å². The fourth-order valence-electron chi connectivity index (χ4n) is 10.4. The molecule has 0 aromatic rings. The van der Waals surface area contributed by atoms with Crippen LogP contribution in [0, 0.1) is 0 Å². The molecule has 4 N–H and O–H groups in total. The van der Waals surface area contributed by atoms with Gasteiger partial charge in [0.1, 0.15) is 6.10 Å². The van der Waals surface area contributed by atoms with E-state index in [2.05, 4.69) is 19.2 Å². The second kappa shape index (κ2) is 57.9. The van der Waals surface area contributed by atoms with Crippen molar-refractivity contribution in [2.24, 2.45) is 0 Å². The van der Waals surface area contributed by atoms with Crippen LogP contribution in [-0.2, 0) is 4.79 Å². The summed E-state index contributed by atoms with van der Waals surface area (Å²) in [5.41, 5.74) is 0. The van der Waals surface area contributed by atoms with Crippen molar-refractivity contribution in [3.8, 4) is 0 Å². The molecule has 0 aliphatic carbocycles. The highest BCUT2D eigenvalue weighted by Gasteiger charge is 2.23. The minimum Gasteiger partial charge on any atom is -0.394 e. The lowest BCUT2D eigenvalue weighted by molar-refractivity contribution is -0.131. The zero-order valence-corrected chi connectivity index (χ0v) is 46.1. The van der Waals surface area contributed by atoms with E-state index in [-0.39, 0.29) is 6.61 Å². The van der Waals surface area contributed by atoms with Crippen LogP contribution in [0.4, 0.5) is 0 Å². The van der Waals surface area contributed by atoms with E-state index in [1.165, 1.54) is 308 Å². The molecular weight excluding hydrogens is 823 g/mol. The molecule has 5 nitrogen and oxygen atoms in total. The van der Waals surface area contributed by atoms with Gasteiger partial charge in [-0.15, -0.1) is 0 Å². The molecule has 402 valence electrons. The Balaban J connectivity index is 3.44. The molecular formula is C62H125NO4. The lowest BCUT2D eigenvalue weighted by Crippen LogP contribution is -2.49. The SMILES string of the molecule is CCCCCCCCCCCCCCCCCCCCCCCCCCCCCCCCCCC(O)C(=O)NC(CO)C(O)CCCCCCCCCCCCCCCCCCCCCCC. The summed E-state index contributed by atoms with van der Waals surface area (Å²) >= 11 is 0. The molecule has 0 saturated carbocycles. The fraction of sp³-hybridized carbons (Fsp3) is 0.984. The number of aliphatic hydroxyl groups is 3. The first-order chi connectivity index (χ1) is 33.1. The number of hydrogen-bond acceptors (Lipinski definition) is 4. The summed E-state index contributed by atoms with van der Waals surface area (Å²) in [6.45, 7) is 4.29. The molecule has 0 aliphatic rings. The number of aliphatic hydroxyl groups excluding tert-OH is 3. The van der Waals surface area contributed by atoms with E-state index in [4.69, 9.17) is 0 Å². The topological polar surface area (TPSA) is 89.8 Å². The average Bonchev–Trinajstić information content (AvgIpc) is 3.33. The van der Waals surface area contributed by atoms with E-state index < -0.39 is 24.2 Å². The van der Waals surface area contributed by atoms with Crippen LogP contribution in [0.25, 0.3) is 0 Å². The Hall–Kier alpha value is -0.650. The largest absolute Gasteiger partial charge is 0.394 e. The van der Waals surface area contributed by atoms with Gasteiger partial charge in [0.2, 0.25) is 5.91 Å². The summed E-state index contributed by atoms with van der Waals surface area (Å²) in [5.74, 6) is -0.461. The Morgan fingerprint density at radius 2 is 0.478 bits per heavy atom.